The van der Waals surface area contributed by atoms with E-state index in [0.717, 1.165) is 22.0 Å². The van der Waals surface area contributed by atoms with Crippen molar-refractivity contribution in [3.8, 4) is 11.8 Å². The molecular formula is C35H38N4O6. The minimum absolute atomic E-state index is 0.0648. The van der Waals surface area contributed by atoms with E-state index in [1.807, 2.05) is 33.8 Å². The lowest BCUT2D eigenvalue weighted by Crippen LogP contribution is -2.20. The van der Waals surface area contributed by atoms with Crippen LogP contribution in [0.25, 0.3) is 23.8 Å². The van der Waals surface area contributed by atoms with Crippen LogP contribution in [0.2, 0.25) is 0 Å². The highest BCUT2D eigenvalue weighted by atomic mass is 16.4. The quantitative estimate of drug-likeness (QED) is 0.237. The summed E-state index contributed by atoms with van der Waals surface area (Å²) in [6.45, 7) is 13.3. The number of aromatic carboxylic acids is 1. The molecule has 2 aromatic heterocycles. The summed E-state index contributed by atoms with van der Waals surface area (Å²) in [5, 5.41) is 40.0. The molecule has 0 saturated heterocycles. The molecule has 2 atom stereocenters. The van der Waals surface area contributed by atoms with Gasteiger partial charge >= 0.3 is 17.9 Å². The second-order valence-corrected chi connectivity index (χ2v) is 11.4. The number of rotatable bonds is 8. The van der Waals surface area contributed by atoms with Gasteiger partial charge in [-0.2, -0.15) is 0 Å². The van der Waals surface area contributed by atoms with E-state index < -0.39 is 30.2 Å². The van der Waals surface area contributed by atoms with Gasteiger partial charge in [-0.25, -0.2) is 4.79 Å². The molecule has 0 spiro atoms. The third-order valence-corrected chi connectivity index (χ3v) is 8.71. The van der Waals surface area contributed by atoms with Crippen LogP contribution in [0, 0.1) is 42.9 Å². The van der Waals surface area contributed by atoms with Crippen LogP contribution >= 0.6 is 0 Å². The highest BCUT2D eigenvalue weighted by Gasteiger charge is 2.36. The first-order valence-corrected chi connectivity index (χ1v) is 14.8. The molecule has 6 N–H and O–H groups in total. The van der Waals surface area contributed by atoms with E-state index in [2.05, 4.69) is 28.4 Å². The van der Waals surface area contributed by atoms with Crippen molar-refractivity contribution in [1.29, 1.82) is 5.41 Å². The molecule has 0 aromatic carbocycles. The average Bonchev–Trinajstić information content (AvgIpc) is 3.57. The molecule has 4 rings (SSSR count). The Morgan fingerprint density at radius 3 is 2.40 bits per heavy atom. The van der Waals surface area contributed by atoms with Crippen LogP contribution < -0.4 is 10.7 Å². The van der Waals surface area contributed by atoms with Gasteiger partial charge in [0.25, 0.3) is 0 Å². The first kappa shape index (κ1) is 32.7. The van der Waals surface area contributed by atoms with Crippen LogP contribution in [0.5, 0.6) is 0 Å². The second-order valence-electron chi connectivity index (χ2n) is 11.4. The second kappa shape index (κ2) is 13.2. The summed E-state index contributed by atoms with van der Waals surface area (Å²) in [6, 6.07) is 0. The fourth-order valence-corrected chi connectivity index (χ4v) is 6.09. The zero-order valence-corrected chi connectivity index (χ0v) is 26.1. The number of fused-ring (bicyclic) bond motifs is 5. The Hall–Kier alpha value is -5.17. The number of nitrogens with zero attached hydrogens (tertiary/aromatic N) is 1. The molecule has 45 heavy (non-hydrogen) atoms. The lowest BCUT2D eigenvalue weighted by Gasteiger charge is -2.19. The molecule has 0 fully saturated rings. The standard InChI is InChI=1S/C35H38N4O6/c1-7-21-10-9-11-26-20(6)32(35(44)45)34(38-26)24(14-31(42)43)33-23(12-13-30(40)41)19(5)28(39-33)16-27-18(4)22(8-2)29(37-27)15-25(36)17(21)3/h8,15-16,19,23,36-38H,2,7,11-14H2,1,3-6H3,(H,40,41)(H,42,43)(H,44,45)/b21-17-,27-16+,29-15-,33-24-,36-25?/t19-,23-/m0/s1. The Labute approximate surface area is 261 Å². The molecule has 10 heteroatoms. The highest BCUT2D eigenvalue weighted by Crippen LogP contribution is 2.41. The third-order valence-electron chi connectivity index (χ3n) is 8.71. The van der Waals surface area contributed by atoms with Gasteiger partial charge < -0.3 is 30.7 Å². The predicted molar refractivity (Wildman–Crippen MR) is 175 cm³/mol. The number of hydrogen-bond acceptors (Lipinski definition) is 5. The summed E-state index contributed by atoms with van der Waals surface area (Å²) in [5.74, 6) is 2.09. The van der Waals surface area contributed by atoms with Crippen LogP contribution in [0.3, 0.4) is 0 Å². The molecule has 10 nitrogen and oxygen atoms in total. The number of carboxylic acids is 3. The van der Waals surface area contributed by atoms with Crippen LogP contribution in [-0.2, 0) is 16.0 Å². The van der Waals surface area contributed by atoms with Crippen molar-refractivity contribution >= 4 is 53.1 Å². The summed E-state index contributed by atoms with van der Waals surface area (Å²) in [7, 11) is 0. The van der Waals surface area contributed by atoms with E-state index in [0.29, 0.717) is 40.0 Å². The SMILES string of the molecule is C=Cc1c(C)/c2[nH]/c1=C\C(=N)/C(C)=C(/CC)C#CCc1[nH]c(c(C(=O)O)c1C)/C(CC(=O)O)=C1N=C(/C=2)[C@@H](C)[C@@H]\1CCC(=O)O. The van der Waals surface area contributed by atoms with Gasteiger partial charge in [0.1, 0.15) is 0 Å². The van der Waals surface area contributed by atoms with Crippen LogP contribution in [0.1, 0.15) is 84.9 Å². The Morgan fingerprint density at radius 1 is 1.09 bits per heavy atom. The fraction of sp³-hybridized carbons (Fsp3) is 0.343. The molecule has 0 radical (unpaired) electrons. The topological polar surface area (TPSA) is 180 Å². The van der Waals surface area contributed by atoms with Gasteiger partial charge in [0, 0.05) is 63.5 Å². The largest absolute Gasteiger partial charge is 0.481 e. The average molecular weight is 611 g/mol. The van der Waals surface area contributed by atoms with Crippen LogP contribution in [-0.4, -0.2) is 54.6 Å². The van der Waals surface area contributed by atoms with Gasteiger partial charge in [-0.3, -0.25) is 14.6 Å². The van der Waals surface area contributed by atoms with Crippen molar-refractivity contribution in [3.05, 3.63) is 67.8 Å². The minimum atomic E-state index is -1.23. The van der Waals surface area contributed by atoms with E-state index in [9.17, 15) is 29.7 Å². The molecule has 0 amide bonds. The van der Waals surface area contributed by atoms with E-state index in [1.54, 1.807) is 19.1 Å². The summed E-state index contributed by atoms with van der Waals surface area (Å²) in [4.78, 5) is 47.9. The Morgan fingerprint density at radius 2 is 1.80 bits per heavy atom. The van der Waals surface area contributed by atoms with Crippen molar-refractivity contribution in [1.82, 2.24) is 9.97 Å². The molecular weight excluding hydrogens is 572 g/mol. The summed E-state index contributed by atoms with van der Waals surface area (Å²) in [5.41, 5.74) is 5.65. The summed E-state index contributed by atoms with van der Waals surface area (Å²) in [6.07, 6.45) is 5.55. The van der Waals surface area contributed by atoms with Crippen molar-refractivity contribution in [2.24, 2.45) is 16.8 Å². The van der Waals surface area contributed by atoms with Crippen LogP contribution in [0.4, 0.5) is 0 Å². The molecule has 2 aliphatic heterocycles. The smallest absolute Gasteiger partial charge is 0.338 e. The monoisotopic (exact) mass is 610 g/mol. The molecule has 4 heterocycles. The lowest BCUT2D eigenvalue weighted by molar-refractivity contribution is -0.137. The van der Waals surface area contributed by atoms with E-state index in [-0.39, 0.29) is 47.7 Å². The van der Waals surface area contributed by atoms with Crippen LogP contribution in [0.15, 0.2) is 28.4 Å². The number of allylic oxidation sites excluding steroid dienone is 3. The molecule has 0 saturated carbocycles. The number of hydrogen-bond donors (Lipinski definition) is 6. The molecule has 0 unspecified atom stereocenters. The Bertz CT molecular complexity index is 1920. The maximum absolute atomic E-state index is 12.6. The summed E-state index contributed by atoms with van der Waals surface area (Å²) < 4.78 is 0. The van der Waals surface area contributed by atoms with Crippen molar-refractivity contribution in [3.63, 3.8) is 0 Å². The summed E-state index contributed by atoms with van der Waals surface area (Å²) >= 11 is 0. The first-order valence-electron chi connectivity index (χ1n) is 14.8. The number of aromatic amines is 2. The van der Waals surface area contributed by atoms with Gasteiger partial charge in [0.05, 0.1) is 29.1 Å². The molecule has 2 aliphatic rings. The van der Waals surface area contributed by atoms with E-state index in [4.69, 9.17) is 10.4 Å². The molecule has 234 valence electrons. The molecule has 6 bridgehead atoms. The predicted octanol–water partition coefficient (Wildman–Crippen LogP) is 4.63. The first-order chi connectivity index (χ1) is 21.3. The van der Waals surface area contributed by atoms with Crippen molar-refractivity contribution in [2.45, 2.75) is 66.7 Å². The normalized spacial score (nSPS) is 23.0. The number of nitrogens with one attached hydrogen (secondary N) is 3. The lowest BCUT2D eigenvalue weighted by atomic mass is 9.84. The van der Waals surface area contributed by atoms with Gasteiger partial charge in [0.2, 0.25) is 0 Å². The Kier molecular flexibility index (Phi) is 9.62. The number of aromatic nitrogens is 2. The van der Waals surface area contributed by atoms with Gasteiger partial charge in [0.15, 0.2) is 0 Å². The zero-order chi connectivity index (χ0) is 33.2. The molecule has 0 aliphatic carbocycles. The molecule has 2 aromatic rings. The number of carboxylic acid groups (broad SMARTS) is 3. The highest BCUT2D eigenvalue weighted by molar-refractivity contribution is 6.19. The number of aliphatic imine (C=N–C) groups is 1. The van der Waals surface area contributed by atoms with E-state index in [1.165, 1.54) is 0 Å². The van der Waals surface area contributed by atoms with Crippen molar-refractivity contribution in [2.75, 3.05) is 0 Å². The zero-order valence-electron chi connectivity index (χ0n) is 26.1. The maximum atomic E-state index is 12.6. The number of carbonyl (C=O) groups is 3. The van der Waals surface area contributed by atoms with Gasteiger partial charge in [-0.1, -0.05) is 38.3 Å². The minimum Gasteiger partial charge on any atom is -0.481 e. The Balaban J connectivity index is 2.16. The van der Waals surface area contributed by atoms with Gasteiger partial charge in [-0.05, 0) is 62.5 Å². The third kappa shape index (κ3) is 6.53. The van der Waals surface area contributed by atoms with Gasteiger partial charge in [-0.15, -0.1) is 0 Å². The number of H-pyrrole nitrogens is 2. The van der Waals surface area contributed by atoms with E-state index >= 15 is 0 Å². The fourth-order valence-electron chi connectivity index (χ4n) is 6.09. The van der Waals surface area contributed by atoms with Crippen molar-refractivity contribution < 1.29 is 29.7 Å². The maximum Gasteiger partial charge on any atom is 0.338 e. The number of aliphatic carboxylic acids is 2.